The van der Waals surface area contributed by atoms with Crippen LogP contribution in [0.4, 0.5) is 0 Å². The highest BCUT2D eigenvalue weighted by Crippen LogP contribution is 2.38. The van der Waals surface area contributed by atoms with Gasteiger partial charge in [0, 0.05) is 28.5 Å². The predicted molar refractivity (Wildman–Crippen MR) is 81.6 cm³/mol. The summed E-state index contributed by atoms with van der Waals surface area (Å²) in [4.78, 5) is 4.12. The van der Waals surface area contributed by atoms with Crippen LogP contribution in [0, 0.1) is 0 Å². The smallest absolute Gasteiger partial charge is 0.231 e. The molecule has 6 heteroatoms. The van der Waals surface area contributed by atoms with Gasteiger partial charge in [0.15, 0.2) is 11.5 Å². The molecular weight excluding hydrogens is 336 g/mol. The number of fused-ring (bicyclic) bond motifs is 1. The third kappa shape index (κ3) is 3.28. The van der Waals surface area contributed by atoms with Gasteiger partial charge >= 0.3 is 0 Å². The molecule has 0 amide bonds. The maximum atomic E-state index is 5.90. The van der Waals surface area contributed by atoms with Gasteiger partial charge in [-0.2, -0.15) is 0 Å². The van der Waals surface area contributed by atoms with E-state index in [0.717, 1.165) is 33.5 Å². The highest BCUT2D eigenvalue weighted by molar-refractivity contribution is 9.10. The lowest BCUT2D eigenvalue weighted by Crippen LogP contribution is -2.05. The Hall–Kier alpha value is -1.79. The number of benzene rings is 1. The molecule has 1 aromatic carbocycles. The van der Waals surface area contributed by atoms with Crippen molar-refractivity contribution in [2.24, 2.45) is 5.73 Å². The average molecular weight is 351 g/mol. The maximum absolute atomic E-state index is 5.90. The van der Waals surface area contributed by atoms with Crippen molar-refractivity contribution in [3.63, 3.8) is 0 Å². The number of aromatic nitrogens is 1. The van der Waals surface area contributed by atoms with Crippen LogP contribution in [0.1, 0.15) is 11.1 Å². The Morgan fingerprint density at radius 3 is 2.76 bits per heavy atom. The van der Waals surface area contributed by atoms with E-state index < -0.39 is 0 Å². The number of halogens is 1. The van der Waals surface area contributed by atoms with Gasteiger partial charge in [-0.25, -0.2) is 0 Å². The van der Waals surface area contributed by atoms with Crippen molar-refractivity contribution in [3.05, 3.63) is 46.2 Å². The molecule has 0 atom stereocenters. The summed E-state index contributed by atoms with van der Waals surface area (Å²) in [5.41, 5.74) is 7.66. The first-order valence-electron chi connectivity index (χ1n) is 6.61. The van der Waals surface area contributed by atoms with E-state index in [1.807, 2.05) is 18.2 Å². The summed E-state index contributed by atoms with van der Waals surface area (Å²) in [5.74, 6) is 2.22. The van der Waals surface area contributed by atoms with E-state index in [2.05, 4.69) is 20.9 Å². The van der Waals surface area contributed by atoms with E-state index in [1.54, 1.807) is 12.4 Å². The Kier molecular flexibility index (Phi) is 4.26. The van der Waals surface area contributed by atoms with E-state index >= 15 is 0 Å². The zero-order valence-corrected chi connectivity index (χ0v) is 12.9. The van der Waals surface area contributed by atoms with Crippen LogP contribution in [-0.4, -0.2) is 18.3 Å². The minimum Gasteiger partial charge on any atom is -0.488 e. The molecule has 1 aliphatic rings. The van der Waals surface area contributed by atoms with Crippen LogP contribution >= 0.6 is 15.9 Å². The summed E-state index contributed by atoms with van der Waals surface area (Å²) >= 11 is 3.40. The second-order valence-electron chi connectivity index (χ2n) is 4.65. The van der Waals surface area contributed by atoms with Gasteiger partial charge in [0.25, 0.3) is 0 Å². The molecule has 3 rings (SSSR count). The van der Waals surface area contributed by atoms with Gasteiger partial charge in [0.1, 0.15) is 12.4 Å². The van der Waals surface area contributed by atoms with Gasteiger partial charge in [0.2, 0.25) is 6.79 Å². The van der Waals surface area contributed by atoms with Crippen LogP contribution in [0.2, 0.25) is 0 Å². The molecule has 110 valence electrons. The quantitative estimate of drug-likeness (QED) is 0.897. The summed E-state index contributed by atoms with van der Waals surface area (Å²) in [5, 5.41) is 0. The largest absolute Gasteiger partial charge is 0.488 e. The van der Waals surface area contributed by atoms with Crippen molar-refractivity contribution < 1.29 is 14.2 Å². The van der Waals surface area contributed by atoms with Gasteiger partial charge < -0.3 is 19.9 Å². The fraction of sp³-hybridized carbons (Fsp3) is 0.267. The number of ether oxygens (including phenoxy) is 3. The highest BCUT2D eigenvalue weighted by Gasteiger charge is 2.17. The van der Waals surface area contributed by atoms with Crippen molar-refractivity contribution in [2.75, 3.05) is 13.3 Å². The van der Waals surface area contributed by atoms with Crippen LogP contribution in [0.25, 0.3) is 0 Å². The van der Waals surface area contributed by atoms with Crippen molar-refractivity contribution in [1.82, 2.24) is 4.98 Å². The van der Waals surface area contributed by atoms with Crippen LogP contribution in [0.5, 0.6) is 17.2 Å². The highest BCUT2D eigenvalue weighted by atomic mass is 79.9. The van der Waals surface area contributed by atoms with Crippen LogP contribution in [0.15, 0.2) is 35.1 Å². The van der Waals surface area contributed by atoms with Crippen molar-refractivity contribution in [3.8, 4) is 17.2 Å². The Morgan fingerprint density at radius 2 is 2.00 bits per heavy atom. The summed E-state index contributed by atoms with van der Waals surface area (Å²) in [6.45, 7) is 1.23. The normalized spacial score (nSPS) is 12.5. The Labute approximate surface area is 131 Å². The van der Waals surface area contributed by atoms with Gasteiger partial charge in [0.05, 0.1) is 0 Å². The van der Waals surface area contributed by atoms with Crippen LogP contribution < -0.4 is 19.9 Å². The van der Waals surface area contributed by atoms with E-state index in [4.69, 9.17) is 19.9 Å². The van der Waals surface area contributed by atoms with Crippen LogP contribution in [0.3, 0.4) is 0 Å². The lowest BCUT2D eigenvalue weighted by atomic mass is 10.1. The molecule has 0 bridgehead atoms. The topological polar surface area (TPSA) is 66.6 Å². The standard InChI is InChI=1S/C15H15BrN2O3/c16-12-3-10(6-18-7-12)8-19-13-5-15-14(20-9-21-15)4-11(13)1-2-17/h3-7H,1-2,8-9,17H2. The molecule has 0 aliphatic carbocycles. The SMILES string of the molecule is NCCc1cc2c(cc1OCc1cncc(Br)c1)OCO2. The van der Waals surface area contributed by atoms with E-state index in [-0.39, 0.29) is 6.79 Å². The fourth-order valence-electron chi connectivity index (χ4n) is 2.15. The van der Waals surface area contributed by atoms with Gasteiger partial charge in [-0.1, -0.05) is 0 Å². The zero-order valence-electron chi connectivity index (χ0n) is 11.3. The van der Waals surface area contributed by atoms with Gasteiger partial charge in [-0.3, -0.25) is 4.98 Å². The molecule has 2 N–H and O–H groups in total. The summed E-state index contributed by atoms with van der Waals surface area (Å²) in [6, 6.07) is 5.77. The molecule has 1 aromatic heterocycles. The molecule has 21 heavy (non-hydrogen) atoms. The number of nitrogens with zero attached hydrogens (tertiary/aromatic N) is 1. The van der Waals surface area contributed by atoms with E-state index in [0.29, 0.717) is 18.9 Å². The Morgan fingerprint density at radius 1 is 1.19 bits per heavy atom. The van der Waals surface area contributed by atoms with E-state index in [1.165, 1.54) is 0 Å². The number of pyridine rings is 1. The lowest BCUT2D eigenvalue weighted by molar-refractivity contribution is 0.173. The minimum absolute atomic E-state index is 0.246. The molecule has 0 radical (unpaired) electrons. The van der Waals surface area contributed by atoms with Crippen LogP contribution in [-0.2, 0) is 13.0 Å². The Bertz CT molecular complexity index is 649. The van der Waals surface area contributed by atoms with Crippen molar-refractivity contribution >= 4 is 15.9 Å². The number of hydrogen-bond acceptors (Lipinski definition) is 5. The summed E-state index contributed by atoms with van der Waals surface area (Å²) in [7, 11) is 0. The zero-order chi connectivity index (χ0) is 14.7. The fourth-order valence-corrected chi connectivity index (χ4v) is 2.56. The molecular formula is C15H15BrN2O3. The molecule has 2 heterocycles. The number of rotatable bonds is 5. The first kappa shape index (κ1) is 14.2. The molecule has 0 unspecified atom stereocenters. The maximum Gasteiger partial charge on any atom is 0.231 e. The summed E-state index contributed by atoms with van der Waals surface area (Å²) < 4.78 is 17.6. The van der Waals surface area contributed by atoms with Gasteiger partial charge in [-0.05, 0) is 46.6 Å². The predicted octanol–water partition coefficient (Wildman–Crippen LogP) is 2.65. The monoisotopic (exact) mass is 350 g/mol. The third-order valence-corrected chi connectivity index (χ3v) is 3.56. The van der Waals surface area contributed by atoms with Gasteiger partial charge in [-0.15, -0.1) is 0 Å². The molecule has 0 spiro atoms. The van der Waals surface area contributed by atoms with E-state index in [9.17, 15) is 0 Å². The first-order valence-corrected chi connectivity index (χ1v) is 7.40. The number of nitrogens with two attached hydrogens (primary N) is 1. The third-order valence-electron chi connectivity index (χ3n) is 3.13. The Balaban J connectivity index is 1.80. The average Bonchev–Trinajstić information content (AvgIpc) is 2.92. The first-order chi connectivity index (χ1) is 10.3. The summed E-state index contributed by atoms with van der Waals surface area (Å²) in [6.07, 6.45) is 4.24. The van der Waals surface area contributed by atoms with Crippen molar-refractivity contribution in [2.45, 2.75) is 13.0 Å². The molecule has 2 aromatic rings. The number of hydrogen-bond donors (Lipinski definition) is 1. The lowest BCUT2D eigenvalue weighted by Gasteiger charge is -2.12. The molecule has 1 aliphatic heterocycles. The molecule has 5 nitrogen and oxygen atoms in total. The second kappa shape index (κ2) is 6.32. The molecule has 0 saturated heterocycles. The molecule has 0 fully saturated rings. The molecule has 0 saturated carbocycles. The minimum atomic E-state index is 0.246. The van der Waals surface area contributed by atoms with Crippen molar-refractivity contribution in [1.29, 1.82) is 0 Å². The second-order valence-corrected chi connectivity index (χ2v) is 5.57.